The van der Waals surface area contributed by atoms with Crippen molar-refractivity contribution in [3.8, 4) is 11.5 Å². The topological polar surface area (TPSA) is 93.9 Å². The molecule has 0 spiro atoms. The van der Waals surface area contributed by atoms with Crippen molar-refractivity contribution in [2.75, 3.05) is 26.6 Å². The minimum atomic E-state index is -0.551. The smallest absolute Gasteiger partial charge is 0.273 e. The molecule has 0 aliphatic carbocycles. The van der Waals surface area contributed by atoms with Crippen LogP contribution in [-0.2, 0) is 11.3 Å². The second-order valence-corrected chi connectivity index (χ2v) is 6.19. The van der Waals surface area contributed by atoms with Crippen molar-refractivity contribution < 1.29 is 23.6 Å². The first-order chi connectivity index (χ1) is 13.3. The number of carbonyl (C=O) groups excluding carboxylic acids is 1. The number of likely N-dealkylation sites (N-methyl/N-ethyl adjacent to an activating group) is 1. The van der Waals surface area contributed by atoms with E-state index in [1.54, 1.807) is 24.9 Å². The third-order valence-electron chi connectivity index (χ3n) is 4.34. The van der Waals surface area contributed by atoms with Gasteiger partial charge in [0.25, 0.3) is 5.69 Å². The van der Waals surface area contributed by atoms with Crippen molar-refractivity contribution in [2.24, 2.45) is 0 Å². The van der Waals surface area contributed by atoms with Gasteiger partial charge in [-0.2, -0.15) is 0 Å². The zero-order valence-electron chi connectivity index (χ0n) is 16.1. The van der Waals surface area contributed by atoms with Crippen molar-refractivity contribution in [2.45, 2.75) is 19.5 Å². The molecule has 0 unspecified atom stereocenters. The third-order valence-corrected chi connectivity index (χ3v) is 4.34. The van der Waals surface area contributed by atoms with Gasteiger partial charge >= 0.3 is 0 Å². The number of anilines is 1. The molecule has 0 aliphatic rings. The Bertz CT molecular complexity index is 875. The highest BCUT2D eigenvalue weighted by molar-refractivity contribution is 5.96. The standard InChI is InChI=1S/C19H22FN3O5/c1-12(22(2)11-13-5-8-17(27-3)15(20)9-13)19(24)21-16-7-6-14(23(25)26)10-18(16)28-4/h5-10,12H,11H2,1-4H3,(H,21,24)/t12-/m0/s1. The van der Waals surface area contributed by atoms with Gasteiger partial charge in [0.1, 0.15) is 5.75 Å². The second-order valence-electron chi connectivity index (χ2n) is 6.19. The maximum absolute atomic E-state index is 13.8. The molecular formula is C19H22FN3O5. The lowest BCUT2D eigenvalue weighted by molar-refractivity contribution is -0.384. The van der Waals surface area contributed by atoms with E-state index in [4.69, 9.17) is 9.47 Å². The van der Waals surface area contributed by atoms with Crippen LogP contribution in [0.3, 0.4) is 0 Å². The number of methoxy groups -OCH3 is 2. The summed E-state index contributed by atoms with van der Waals surface area (Å²) in [6.07, 6.45) is 0. The molecule has 0 bridgehead atoms. The molecule has 1 amide bonds. The van der Waals surface area contributed by atoms with Crippen LogP contribution in [0.2, 0.25) is 0 Å². The summed E-state index contributed by atoms with van der Waals surface area (Å²) in [6.45, 7) is 2.04. The summed E-state index contributed by atoms with van der Waals surface area (Å²) in [5.74, 6) is -0.457. The fourth-order valence-corrected chi connectivity index (χ4v) is 2.57. The summed E-state index contributed by atoms with van der Waals surface area (Å²) < 4.78 is 23.9. The van der Waals surface area contributed by atoms with Gasteiger partial charge in [-0.3, -0.25) is 19.8 Å². The Balaban J connectivity index is 2.07. The van der Waals surface area contributed by atoms with Crippen LogP contribution in [0.15, 0.2) is 36.4 Å². The molecule has 150 valence electrons. The Labute approximate surface area is 162 Å². The number of hydrogen-bond donors (Lipinski definition) is 1. The number of nitrogens with zero attached hydrogens (tertiary/aromatic N) is 2. The van der Waals surface area contributed by atoms with E-state index in [0.29, 0.717) is 17.8 Å². The summed E-state index contributed by atoms with van der Waals surface area (Å²) in [6, 6.07) is 8.01. The number of rotatable bonds is 8. The van der Waals surface area contributed by atoms with Crippen LogP contribution in [0.5, 0.6) is 11.5 Å². The number of carbonyl (C=O) groups is 1. The van der Waals surface area contributed by atoms with Gasteiger partial charge in [-0.15, -0.1) is 0 Å². The molecule has 8 nitrogen and oxygen atoms in total. The number of nitro benzene ring substituents is 1. The highest BCUT2D eigenvalue weighted by Crippen LogP contribution is 2.29. The average molecular weight is 391 g/mol. The Morgan fingerprint density at radius 3 is 2.46 bits per heavy atom. The van der Waals surface area contributed by atoms with Gasteiger partial charge in [-0.05, 0) is 37.7 Å². The predicted octanol–water partition coefficient (Wildman–Crippen LogP) is 3.21. The second kappa shape index (κ2) is 9.14. The van der Waals surface area contributed by atoms with E-state index >= 15 is 0 Å². The van der Waals surface area contributed by atoms with Crippen molar-refractivity contribution in [1.29, 1.82) is 0 Å². The number of hydrogen-bond acceptors (Lipinski definition) is 6. The maximum Gasteiger partial charge on any atom is 0.273 e. The number of ether oxygens (including phenoxy) is 2. The van der Waals surface area contributed by atoms with Gasteiger partial charge in [0.2, 0.25) is 5.91 Å². The van der Waals surface area contributed by atoms with E-state index in [1.807, 2.05) is 0 Å². The van der Waals surface area contributed by atoms with Gasteiger partial charge in [-0.1, -0.05) is 6.07 Å². The van der Waals surface area contributed by atoms with E-state index < -0.39 is 16.8 Å². The quantitative estimate of drug-likeness (QED) is 0.549. The van der Waals surface area contributed by atoms with Gasteiger partial charge in [0, 0.05) is 12.6 Å². The van der Waals surface area contributed by atoms with Crippen LogP contribution >= 0.6 is 0 Å². The number of nitro groups is 1. The minimum absolute atomic E-state index is 0.137. The van der Waals surface area contributed by atoms with E-state index in [-0.39, 0.29) is 23.1 Å². The third kappa shape index (κ3) is 4.95. The van der Waals surface area contributed by atoms with E-state index in [9.17, 15) is 19.3 Å². The summed E-state index contributed by atoms with van der Waals surface area (Å²) in [4.78, 5) is 24.6. The highest BCUT2D eigenvalue weighted by atomic mass is 19.1. The van der Waals surface area contributed by atoms with Crippen LogP contribution < -0.4 is 14.8 Å². The summed E-state index contributed by atoms with van der Waals surface area (Å²) >= 11 is 0. The van der Waals surface area contributed by atoms with Crippen molar-refractivity contribution in [1.82, 2.24) is 4.90 Å². The first-order valence-corrected chi connectivity index (χ1v) is 8.42. The number of nitrogens with one attached hydrogen (secondary N) is 1. The molecule has 0 aromatic heterocycles. The molecule has 28 heavy (non-hydrogen) atoms. The lowest BCUT2D eigenvalue weighted by Gasteiger charge is -2.24. The van der Waals surface area contributed by atoms with Crippen LogP contribution in [-0.4, -0.2) is 43.0 Å². The van der Waals surface area contributed by atoms with Gasteiger partial charge < -0.3 is 14.8 Å². The zero-order valence-corrected chi connectivity index (χ0v) is 16.1. The first-order valence-electron chi connectivity index (χ1n) is 8.42. The fraction of sp³-hybridized carbons (Fsp3) is 0.316. The van der Waals surface area contributed by atoms with Crippen LogP contribution in [0.4, 0.5) is 15.8 Å². The average Bonchev–Trinajstić information content (AvgIpc) is 2.67. The fourth-order valence-electron chi connectivity index (χ4n) is 2.57. The molecule has 0 aliphatic heterocycles. The molecule has 0 fully saturated rings. The minimum Gasteiger partial charge on any atom is -0.494 e. The molecule has 2 rings (SSSR count). The lowest BCUT2D eigenvalue weighted by atomic mass is 10.1. The summed E-state index contributed by atoms with van der Waals surface area (Å²) in [5, 5.41) is 13.6. The molecule has 0 saturated heterocycles. The molecule has 2 aromatic carbocycles. The molecular weight excluding hydrogens is 369 g/mol. The van der Waals surface area contributed by atoms with E-state index in [0.717, 1.165) is 0 Å². The van der Waals surface area contributed by atoms with Crippen LogP contribution in [0.25, 0.3) is 0 Å². The monoisotopic (exact) mass is 391 g/mol. The molecule has 9 heteroatoms. The van der Waals surface area contributed by atoms with Crippen molar-refractivity contribution in [3.05, 3.63) is 57.9 Å². The summed E-state index contributed by atoms with van der Waals surface area (Å²) in [7, 11) is 4.49. The molecule has 0 saturated carbocycles. The molecule has 1 atom stereocenters. The normalized spacial score (nSPS) is 11.8. The van der Waals surface area contributed by atoms with Crippen molar-refractivity contribution in [3.63, 3.8) is 0 Å². The Kier molecular flexibility index (Phi) is 6.89. The Morgan fingerprint density at radius 1 is 1.21 bits per heavy atom. The van der Waals surface area contributed by atoms with Gasteiger partial charge in [-0.25, -0.2) is 4.39 Å². The lowest BCUT2D eigenvalue weighted by Crippen LogP contribution is -2.39. The number of non-ortho nitro benzene ring substituents is 1. The Morgan fingerprint density at radius 2 is 1.89 bits per heavy atom. The Hall–Kier alpha value is -3.20. The molecule has 2 aromatic rings. The number of halogens is 1. The predicted molar refractivity (Wildman–Crippen MR) is 102 cm³/mol. The SMILES string of the molecule is COc1ccc(CN(C)[C@@H](C)C(=O)Nc2ccc([N+](=O)[O-])cc2OC)cc1F. The van der Waals surface area contributed by atoms with Gasteiger partial charge in [0.15, 0.2) is 11.6 Å². The largest absolute Gasteiger partial charge is 0.494 e. The van der Waals surface area contributed by atoms with Gasteiger partial charge in [0.05, 0.1) is 36.9 Å². The van der Waals surface area contributed by atoms with Crippen molar-refractivity contribution >= 4 is 17.3 Å². The molecule has 0 radical (unpaired) electrons. The van der Waals surface area contributed by atoms with E-state index in [1.165, 1.54) is 44.6 Å². The van der Waals surface area contributed by atoms with Crippen LogP contribution in [0.1, 0.15) is 12.5 Å². The zero-order chi connectivity index (χ0) is 20.8. The maximum atomic E-state index is 13.8. The number of amides is 1. The van der Waals surface area contributed by atoms with Crippen LogP contribution in [0, 0.1) is 15.9 Å². The number of benzene rings is 2. The molecule has 1 N–H and O–H groups in total. The molecule has 0 heterocycles. The highest BCUT2D eigenvalue weighted by Gasteiger charge is 2.21. The first kappa shape index (κ1) is 21.1. The van der Waals surface area contributed by atoms with E-state index in [2.05, 4.69) is 5.32 Å². The summed E-state index contributed by atoms with van der Waals surface area (Å²) in [5.41, 5.74) is 0.878.